The van der Waals surface area contributed by atoms with Crippen molar-refractivity contribution in [3.63, 3.8) is 0 Å². The maximum absolute atomic E-state index is 13.0. The summed E-state index contributed by atoms with van der Waals surface area (Å²) >= 11 is 0. The maximum Gasteiger partial charge on any atom is 0.343 e. The second-order valence-corrected chi connectivity index (χ2v) is 10.5. The number of hydrogen-bond acceptors (Lipinski definition) is 4. The van der Waals surface area contributed by atoms with Crippen LogP contribution in [0.15, 0.2) is 72.9 Å². The van der Waals surface area contributed by atoms with Crippen LogP contribution in [0.4, 0.5) is 0 Å². The first kappa shape index (κ1) is 22.7. The van der Waals surface area contributed by atoms with Crippen LogP contribution in [0.5, 0.6) is 5.75 Å². The Labute approximate surface area is 195 Å². The monoisotopic (exact) mass is 438 g/mol. The average Bonchev–Trinajstić information content (AvgIpc) is 2.78. The lowest BCUT2D eigenvalue weighted by Crippen LogP contribution is -2.19. The Bertz CT molecular complexity index is 1280. The Morgan fingerprint density at radius 2 is 1.33 bits per heavy atom. The summed E-state index contributed by atoms with van der Waals surface area (Å²) in [6, 6.07) is 21.2. The first-order valence-electron chi connectivity index (χ1n) is 11.2. The largest absolute Gasteiger partial charge is 0.423 e. The standard InChI is InChI=1S/C29H30N2O2/c1-28(2,3)21-15-20(16-22(17-21)29(4,5)6)27(32)33-23-13-11-19(12-14-23)26-18-30-24-9-7-8-10-25(24)31-26/h7-18H,1-6H3. The highest BCUT2D eigenvalue weighted by Crippen LogP contribution is 2.31. The molecule has 168 valence electrons. The molecule has 0 spiro atoms. The molecule has 33 heavy (non-hydrogen) atoms. The van der Waals surface area contributed by atoms with Crippen molar-refractivity contribution in [2.24, 2.45) is 0 Å². The zero-order valence-electron chi connectivity index (χ0n) is 20.1. The minimum absolute atomic E-state index is 0.0706. The zero-order valence-corrected chi connectivity index (χ0v) is 20.1. The van der Waals surface area contributed by atoms with Crippen molar-refractivity contribution in [3.8, 4) is 17.0 Å². The molecule has 0 amide bonds. The molecule has 0 atom stereocenters. The number of para-hydroxylation sites is 2. The van der Waals surface area contributed by atoms with Gasteiger partial charge in [0, 0.05) is 5.56 Å². The number of carbonyl (C=O) groups is 1. The van der Waals surface area contributed by atoms with Gasteiger partial charge in [-0.15, -0.1) is 0 Å². The quantitative estimate of drug-likeness (QED) is 0.253. The number of carbonyl (C=O) groups excluding carboxylic acids is 1. The minimum atomic E-state index is -0.357. The fourth-order valence-electron chi connectivity index (χ4n) is 3.57. The van der Waals surface area contributed by atoms with Gasteiger partial charge >= 0.3 is 5.97 Å². The molecule has 4 nitrogen and oxygen atoms in total. The van der Waals surface area contributed by atoms with Crippen molar-refractivity contribution < 1.29 is 9.53 Å². The van der Waals surface area contributed by atoms with Crippen LogP contribution in [0.2, 0.25) is 0 Å². The summed E-state index contributed by atoms with van der Waals surface area (Å²) in [4.78, 5) is 22.2. The van der Waals surface area contributed by atoms with Crippen molar-refractivity contribution >= 4 is 17.0 Å². The number of aromatic nitrogens is 2. The number of nitrogens with zero attached hydrogens (tertiary/aromatic N) is 2. The van der Waals surface area contributed by atoms with E-state index in [1.165, 1.54) is 0 Å². The van der Waals surface area contributed by atoms with Gasteiger partial charge in [0.05, 0.1) is 28.5 Å². The third kappa shape index (κ3) is 5.11. The van der Waals surface area contributed by atoms with Gasteiger partial charge in [0.2, 0.25) is 0 Å². The molecule has 0 saturated carbocycles. The SMILES string of the molecule is CC(C)(C)c1cc(C(=O)Oc2ccc(-c3cnc4ccccc4n3)cc2)cc(C(C)(C)C)c1. The third-order valence-corrected chi connectivity index (χ3v) is 5.71. The summed E-state index contributed by atoms with van der Waals surface area (Å²) in [5.41, 5.74) is 6.06. The molecule has 4 aromatic rings. The van der Waals surface area contributed by atoms with E-state index >= 15 is 0 Å². The fourth-order valence-corrected chi connectivity index (χ4v) is 3.57. The molecule has 0 aliphatic carbocycles. The summed E-state index contributed by atoms with van der Waals surface area (Å²) < 4.78 is 5.72. The van der Waals surface area contributed by atoms with E-state index in [-0.39, 0.29) is 16.8 Å². The van der Waals surface area contributed by atoms with E-state index in [4.69, 9.17) is 4.74 Å². The van der Waals surface area contributed by atoms with E-state index in [1.807, 2.05) is 48.5 Å². The Morgan fingerprint density at radius 3 is 1.91 bits per heavy atom. The molecular weight excluding hydrogens is 408 g/mol. The number of rotatable bonds is 3. The van der Waals surface area contributed by atoms with E-state index in [1.54, 1.807) is 18.3 Å². The van der Waals surface area contributed by atoms with Gasteiger partial charge in [-0.3, -0.25) is 4.98 Å². The number of fused-ring (bicyclic) bond motifs is 1. The van der Waals surface area contributed by atoms with Crippen LogP contribution in [-0.4, -0.2) is 15.9 Å². The molecule has 0 unspecified atom stereocenters. The second-order valence-electron chi connectivity index (χ2n) is 10.5. The highest BCUT2D eigenvalue weighted by molar-refractivity contribution is 5.91. The summed E-state index contributed by atoms with van der Waals surface area (Å²) in [6.45, 7) is 12.9. The number of hydrogen-bond donors (Lipinski definition) is 0. The molecule has 0 aliphatic heterocycles. The van der Waals surface area contributed by atoms with Crippen molar-refractivity contribution in [1.29, 1.82) is 0 Å². The molecule has 0 radical (unpaired) electrons. The van der Waals surface area contributed by atoms with Gasteiger partial charge in [0.1, 0.15) is 5.75 Å². The Morgan fingerprint density at radius 1 is 0.758 bits per heavy atom. The van der Waals surface area contributed by atoms with Crippen molar-refractivity contribution in [2.45, 2.75) is 52.4 Å². The van der Waals surface area contributed by atoms with Gasteiger partial charge in [-0.25, -0.2) is 9.78 Å². The molecule has 0 saturated heterocycles. The van der Waals surface area contributed by atoms with Crippen molar-refractivity contribution in [2.75, 3.05) is 0 Å². The van der Waals surface area contributed by atoms with Crippen LogP contribution >= 0.6 is 0 Å². The normalized spacial score (nSPS) is 12.1. The van der Waals surface area contributed by atoms with E-state index in [9.17, 15) is 4.79 Å². The predicted octanol–water partition coefficient (Wildman–Crippen LogP) is 7.11. The summed E-state index contributed by atoms with van der Waals surface area (Å²) in [5.74, 6) is 0.140. The zero-order chi connectivity index (χ0) is 23.8. The van der Waals surface area contributed by atoms with Gasteiger partial charge < -0.3 is 4.74 Å². The van der Waals surface area contributed by atoms with Crippen molar-refractivity contribution in [3.05, 3.63) is 89.6 Å². The van der Waals surface area contributed by atoms with E-state index in [0.717, 1.165) is 33.4 Å². The van der Waals surface area contributed by atoms with Gasteiger partial charge in [0.25, 0.3) is 0 Å². The maximum atomic E-state index is 13.0. The lowest BCUT2D eigenvalue weighted by molar-refractivity contribution is 0.0734. The summed E-state index contributed by atoms with van der Waals surface area (Å²) in [7, 11) is 0. The molecule has 1 heterocycles. The topological polar surface area (TPSA) is 52.1 Å². The molecule has 0 N–H and O–H groups in total. The molecule has 0 bridgehead atoms. The highest BCUT2D eigenvalue weighted by Gasteiger charge is 2.23. The highest BCUT2D eigenvalue weighted by atomic mass is 16.5. The summed E-state index contributed by atoms with van der Waals surface area (Å²) in [6.07, 6.45) is 1.76. The third-order valence-electron chi connectivity index (χ3n) is 5.71. The van der Waals surface area contributed by atoms with Crippen LogP contribution in [0.1, 0.15) is 63.0 Å². The van der Waals surface area contributed by atoms with Crippen molar-refractivity contribution in [1.82, 2.24) is 9.97 Å². The second kappa shape index (κ2) is 8.43. The van der Waals surface area contributed by atoms with E-state index in [0.29, 0.717) is 11.3 Å². The van der Waals surface area contributed by atoms with Crippen LogP contribution in [0.25, 0.3) is 22.3 Å². The Balaban J connectivity index is 1.58. The smallest absolute Gasteiger partial charge is 0.343 e. The Kier molecular flexibility index (Phi) is 5.79. The van der Waals surface area contributed by atoms with E-state index in [2.05, 4.69) is 57.6 Å². The van der Waals surface area contributed by atoms with Crippen LogP contribution in [-0.2, 0) is 10.8 Å². The molecule has 4 rings (SSSR count). The molecule has 4 heteroatoms. The fraction of sp³-hybridized carbons (Fsp3) is 0.276. The van der Waals surface area contributed by atoms with Gasteiger partial charge in [-0.2, -0.15) is 0 Å². The van der Waals surface area contributed by atoms with Gasteiger partial charge in [0.15, 0.2) is 0 Å². The van der Waals surface area contributed by atoms with Gasteiger partial charge in [-0.1, -0.05) is 59.7 Å². The van der Waals surface area contributed by atoms with Gasteiger partial charge in [-0.05, 0) is 70.5 Å². The van der Waals surface area contributed by atoms with Crippen LogP contribution in [0.3, 0.4) is 0 Å². The Hall–Kier alpha value is -3.53. The molecule has 0 aliphatic rings. The van der Waals surface area contributed by atoms with E-state index < -0.39 is 0 Å². The number of ether oxygens (including phenoxy) is 1. The lowest BCUT2D eigenvalue weighted by Gasteiger charge is -2.25. The molecule has 0 fully saturated rings. The van der Waals surface area contributed by atoms with Crippen LogP contribution in [0, 0.1) is 0 Å². The number of benzene rings is 3. The average molecular weight is 439 g/mol. The first-order valence-corrected chi connectivity index (χ1v) is 11.2. The lowest BCUT2D eigenvalue weighted by atomic mass is 9.79. The minimum Gasteiger partial charge on any atom is -0.423 e. The molecular formula is C29H30N2O2. The number of esters is 1. The summed E-state index contributed by atoms with van der Waals surface area (Å²) in [5, 5.41) is 0. The predicted molar refractivity (Wildman–Crippen MR) is 134 cm³/mol. The molecule has 3 aromatic carbocycles. The first-order chi connectivity index (χ1) is 15.5. The van der Waals surface area contributed by atoms with Crippen LogP contribution < -0.4 is 4.74 Å². The molecule has 1 aromatic heterocycles.